The zero-order valence-corrected chi connectivity index (χ0v) is 11.9. The van der Waals surface area contributed by atoms with E-state index in [1.807, 2.05) is 13.1 Å². The van der Waals surface area contributed by atoms with Gasteiger partial charge < -0.3 is 9.47 Å². The summed E-state index contributed by atoms with van der Waals surface area (Å²) < 4.78 is 12.8. The number of hydrogen-bond acceptors (Lipinski definition) is 4. The van der Waals surface area contributed by atoms with Crippen molar-refractivity contribution in [2.24, 2.45) is 7.05 Å². The Bertz CT molecular complexity index is 605. The van der Waals surface area contributed by atoms with Crippen molar-refractivity contribution in [3.05, 3.63) is 41.2 Å². The average Bonchev–Trinajstić information content (AvgIpc) is 2.85. The smallest absolute Gasteiger partial charge is 0.172 e. The molecule has 0 aliphatic heterocycles. The minimum Gasteiger partial charge on any atom is -0.493 e. The molecule has 2 rings (SSSR count). The Morgan fingerprint density at radius 3 is 2.80 bits per heavy atom. The molecule has 0 saturated heterocycles. The van der Waals surface area contributed by atoms with Crippen LogP contribution in [0.2, 0.25) is 0 Å². The molecule has 106 valence electrons. The van der Waals surface area contributed by atoms with Crippen LogP contribution < -0.4 is 9.47 Å². The molecule has 1 aromatic carbocycles. The number of hydrogen-bond donors (Lipinski definition) is 0. The number of aldehydes is 1. The standard InChI is InChI=1S/C15H18N2O3/c1-4-12-8-13(17(2)16-12)10-20-15-11(9-18)6-5-7-14(15)19-3/h5-9H,4,10H2,1-3H3. The summed E-state index contributed by atoms with van der Waals surface area (Å²) in [6.07, 6.45) is 1.64. The van der Waals surface area contributed by atoms with Crippen LogP contribution in [0.4, 0.5) is 0 Å². The highest BCUT2D eigenvalue weighted by Gasteiger charge is 2.12. The van der Waals surface area contributed by atoms with Gasteiger partial charge in [0.05, 0.1) is 24.1 Å². The summed E-state index contributed by atoms with van der Waals surface area (Å²) in [4.78, 5) is 11.1. The maximum absolute atomic E-state index is 11.1. The topological polar surface area (TPSA) is 53.4 Å². The minimum atomic E-state index is 0.338. The van der Waals surface area contributed by atoms with Gasteiger partial charge in [0, 0.05) is 7.05 Å². The fourth-order valence-corrected chi connectivity index (χ4v) is 1.97. The van der Waals surface area contributed by atoms with Gasteiger partial charge in [0.2, 0.25) is 0 Å². The van der Waals surface area contributed by atoms with Gasteiger partial charge in [0.15, 0.2) is 17.8 Å². The Labute approximate surface area is 118 Å². The first-order valence-electron chi connectivity index (χ1n) is 6.46. The van der Waals surface area contributed by atoms with E-state index in [-0.39, 0.29) is 0 Å². The Morgan fingerprint density at radius 2 is 2.20 bits per heavy atom. The molecule has 0 amide bonds. The van der Waals surface area contributed by atoms with Crippen LogP contribution in [0.25, 0.3) is 0 Å². The Kier molecular flexibility index (Phi) is 4.40. The van der Waals surface area contributed by atoms with Crippen molar-refractivity contribution in [3.8, 4) is 11.5 Å². The lowest BCUT2D eigenvalue weighted by Gasteiger charge is -2.12. The highest BCUT2D eigenvalue weighted by atomic mass is 16.5. The van der Waals surface area contributed by atoms with Crippen molar-refractivity contribution >= 4 is 6.29 Å². The summed E-state index contributed by atoms with van der Waals surface area (Å²) in [5.74, 6) is 1.01. The van der Waals surface area contributed by atoms with Crippen molar-refractivity contribution in [3.63, 3.8) is 0 Å². The van der Waals surface area contributed by atoms with Crippen molar-refractivity contribution in [2.75, 3.05) is 7.11 Å². The largest absolute Gasteiger partial charge is 0.493 e. The van der Waals surface area contributed by atoms with E-state index >= 15 is 0 Å². The van der Waals surface area contributed by atoms with Gasteiger partial charge in [-0.2, -0.15) is 5.10 Å². The van der Waals surface area contributed by atoms with E-state index in [1.165, 1.54) is 0 Å². The lowest BCUT2D eigenvalue weighted by Crippen LogP contribution is -2.05. The zero-order valence-electron chi connectivity index (χ0n) is 11.9. The van der Waals surface area contributed by atoms with Crippen LogP contribution >= 0.6 is 0 Å². The van der Waals surface area contributed by atoms with Crippen LogP contribution in [0.15, 0.2) is 24.3 Å². The van der Waals surface area contributed by atoms with Crippen molar-refractivity contribution in [1.29, 1.82) is 0 Å². The number of carbonyl (C=O) groups is 1. The van der Waals surface area contributed by atoms with Crippen molar-refractivity contribution in [2.45, 2.75) is 20.0 Å². The first kappa shape index (κ1) is 14.1. The molecule has 0 spiro atoms. The molecule has 0 N–H and O–H groups in total. The fourth-order valence-electron chi connectivity index (χ4n) is 1.97. The number of para-hydroxylation sites is 1. The first-order chi connectivity index (χ1) is 9.69. The van der Waals surface area contributed by atoms with Crippen molar-refractivity contribution < 1.29 is 14.3 Å². The van der Waals surface area contributed by atoms with E-state index in [0.29, 0.717) is 23.7 Å². The van der Waals surface area contributed by atoms with E-state index in [9.17, 15) is 4.79 Å². The molecule has 5 nitrogen and oxygen atoms in total. The molecule has 0 bridgehead atoms. The Hall–Kier alpha value is -2.30. The van der Waals surface area contributed by atoms with E-state index in [4.69, 9.17) is 9.47 Å². The third-order valence-corrected chi connectivity index (χ3v) is 3.11. The molecular formula is C15H18N2O3. The molecule has 0 radical (unpaired) electrons. The molecule has 5 heteroatoms. The molecule has 0 atom stereocenters. The lowest BCUT2D eigenvalue weighted by molar-refractivity contribution is 0.111. The second-order valence-corrected chi connectivity index (χ2v) is 4.39. The molecule has 2 aromatic rings. The van der Waals surface area contributed by atoms with Gasteiger partial charge in [0.25, 0.3) is 0 Å². The third-order valence-electron chi connectivity index (χ3n) is 3.11. The van der Waals surface area contributed by atoms with Crippen LogP contribution in [0.5, 0.6) is 11.5 Å². The highest BCUT2D eigenvalue weighted by molar-refractivity contribution is 5.81. The number of rotatable bonds is 6. The predicted molar refractivity (Wildman–Crippen MR) is 75.3 cm³/mol. The summed E-state index contributed by atoms with van der Waals surface area (Å²) >= 11 is 0. The van der Waals surface area contributed by atoms with Gasteiger partial charge in [-0.05, 0) is 24.6 Å². The zero-order chi connectivity index (χ0) is 14.5. The summed E-state index contributed by atoms with van der Waals surface area (Å²) in [7, 11) is 3.43. The maximum atomic E-state index is 11.1. The van der Waals surface area contributed by atoms with Crippen LogP contribution in [-0.4, -0.2) is 23.2 Å². The quantitative estimate of drug-likeness (QED) is 0.759. The number of methoxy groups -OCH3 is 1. The lowest BCUT2D eigenvalue weighted by atomic mass is 10.2. The Morgan fingerprint density at radius 1 is 1.40 bits per heavy atom. The molecule has 0 saturated carbocycles. The van der Waals surface area contributed by atoms with E-state index in [0.717, 1.165) is 24.1 Å². The summed E-state index contributed by atoms with van der Waals surface area (Å²) in [5.41, 5.74) is 2.44. The average molecular weight is 274 g/mol. The number of benzene rings is 1. The molecule has 0 fully saturated rings. The third kappa shape index (κ3) is 2.82. The second kappa shape index (κ2) is 6.23. The highest BCUT2D eigenvalue weighted by Crippen LogP contribution is 2.30. The fraction of sp³-hybridized carbons (Fsp3) is 0.333. The van der Waals surface area contributed by atoms with E-state index in [1.54, 1.807) is 30.0 Å². The normalized spacial score (nSPS) is 10.3. The number of carbonyl (C=O) groups excluding carboxylic acids is 1. The molecule has 0 unspecified atom stereocenters. The summed E-state index contributed by atoms with van der Waals surface area (Å²) in [6, 6.07) is 7.22. The van der Waals surface area contributed by atoms with Gasteiger partial charge >= 0.3 is 0 Å². The van der Waals surface area contributed by atoms with Crippen LogP contribution in [-0.2, 0) is 20.1 Å². The van der Waals surface area contributed by atoms with E-state index < -0.39 is 0 Å². The van der Waals surface area contributed by atoms with Crippen LogP contribution in [0, 0.1) is 0 Å². The molecule has 20 heavy (non-hydrogen) atoms. The molecule has 1 aromatic heterocycles. The molecular weight excluding hydrogens is 256 g/mol. The molecule has 1 heterocycles. The van der Waals surface area contributed by atoms with Gasteiger partial charge in [-0.15, -0.1) is 0 Å². The van der Waals surface area contributed by atoms with Gasteiger partial charge in [-0.1, -0.05) is 13.0 Å². The minimum absolute atomic E-state index is 0.338. The summed E-state index contributed by atoms with van der Waals surface area (Å²) in [5, 5.41) is 4.36. The SMILES string of the molecule is CCc1cc(COc2c(C=O)cccc2OC)n(C)n1. The number of nitrogens with zero attached hydrogens (tertiary/aromatic N) is 2. The predicted octanol–water partition coefficient (Wildman–Crippen LogP) is 2.38. The number of ether oxygens (including phenoxy) is 2. The number of aromatic nitrogens is 2. The van der Waals surface area contributed by atoms with Gasteiger partial charge in [-0.25, -0.2) is 0 Å². The molecule has 0 aliphatic rings. The first-order valence-corrected chi connectivity index (χ1v) is 6.46. The number of aryl methyl sites for hydroxylation is 2. The summed E-state index contributed by atoms with van der Waals surface area (Å²) in [6.45, 7) is 2.39. The van der Waals surface area contributed by atoms with E-state index in [2.05, 4.69) is 12.0 Å². The van der Waals surface area contributed by atoms with Gasteiger partial charge in [-0.3, -0.25) is 9.48 Å². The molecule has 0 aliphatic carbocycles. The Balaban J connectivity index is 2.21. The van der Waals surface area contributed by atoms with Gasteiger partial charge in [0.1, 0.15) is 6.61 Å². The van der Waals surface area contributed by atoms with Crippen LogP contribution in [0.1, 0.15) is 28.7 Å². The van der Waals surface area contributed by atoms with Crippen molar-refractivity contribution in [1.82, 2.24) is 9.78 Å². The second-order valence-electron chi connectivity index (χ2n) is 4.39. The maximum Gasteiger partial charge on any atom is 0.172 e. The van der Waals surface area contributed by atoms with Crippen LogP contribution in [0.3, 0.4) is 0 Å². The monoisotopic (exact) mass is 274 g/mol.